The molecule has 1 atom stereocenters. The number of aromatic nitrogens is 1. The number of piperidine rings is 1. The topological polar surface area (TPSA) is 74.3 Å². The maximum absolute atomic E-state index is 12.5. The van der Waals surface area contributed by atoms with Crippen molar-refractivity contribution in [2.75, 3.05) is 25.0 Å². The van der Waals surface area contributed by atoms with Crippen LogP contribution in [-0.4, -0.2) is 36.9 Å². The summed E-state index contributed by atoms with van der Waals surface area (Å²) in [7, 11) is 1.75. The highest BCUT2D eigenvalue weighted by Gasteiger charge is 2.20. The fourth-order valence-electron chi connectivity index (χ4n) is 3.05. The number of anilines is 1. The monoisotopic (exact) mass is 424 g/mol. The van der Waals surface area contributed by atoms with E-state index in [-0.39, 0.29) is 42.5 Å². The van der Waals surface area contributed by atoms with Gasteiger partial charge in [0.2, 0.25) is 5.91 Å². The maximum Gasteiger partial charge on any atom is 0.258 e. The Hall–Kier alpha value is -2.15. The molecule has 0 aliphatic carbocycles. The number of pyridine rings is 1. The number of nitrogens with one attached hydrogen (secondary N) is 2. The number of benzene rings is 1. The molecule has 0 bridgehead atoms. The van der Waals surface area contributed by atoms with E-state index >= 15 is 0 Å². The minimum atomic E-state index is -0.0850. The first-order chi connectivity index (χ1) is 12.6. The highest BCUT2D eigenvalue weighted by Crippen LogP contribution is 2.17. The molecule has 1 unspecified atom stereocenters. The Morgan fingerprint density at radius 3 is 2.43 bits per heavy atom. The molecule has 0 spiro atoms. The zero-order valence-electron chi connectivity index (χ0n) is 15.8. The molecule has 0 radical (unpaired) electrons. The van der Waals surface area contributed by atoms with E-state index in [9.17, 15) is 9.59 Å². The SMILES string of the molecule is CN(C(=O)c1ccncc1)c1ccc(CNC(=O)C2CCCNC2)cc1.Cl.Cl. The summed E-state index contributed by atoms with van der Waals surface area (Å²) in [5.74, 6) is 0.0802. The Bertz CT molecular complexity index is 751. The van der Waals surface area contributed by atoms with Crippen LogP contribution in [0.25, 0.3) is 0 Å². The van der Waals surface area contributed by atoms with Crippen LogP contribution in [0.15, 0.2) is 48.8 Å². The summed E-state index contributed by atoms with van der Waals surface area (Å²) in [6.07, 6.45) is 5.20. The number of nitrogens with zero attached hydrogens (tertiary/aromatic N) is 2. The van der Waals surface area contributed by atoms with E-state index in [1.165, 1.54) is 0 Å². The van der Waals surface area contributed by atoms with Crippen LogP contribution in [0.4, 0.5) is 5.69 Å². The Morgan fingerprint density at radius 2 is 1.82 bits per heavy atom. The fraction of sp³-hybridized carbons (Fsp3) is 0.350. The normalized spacial score (nSPS) is 15.5. The third kappa shape index (κ3) is 6.19. The van der Waals surface area contributed by atoms with E-state index in [2.05, 4.69) is 15.6 Å². The molecule has 2 amide bonds. The van der Waals surface area contributed by atoms with Crippen LogP contribution in [0.5, 0.6) is 0 Å². The lowest BCUT2D eigenvalue weighted by molar-refractivity contribution is -0.125. The summed E-state index contributed by atoms with van der Waals surface area (Å²) in [5.41, 5.74) is 2.41. The lowest BCUT2D eigenvalue weighted by atomic mass is 9.99. The second-order valence-electron chi connectivity index (χ2n) is 6.53. The minimum absolute atomic E-state index is 0. The van der Waals surface area contributed by atoms with E-state index < -0.39 is 0 Å². The Kier molecular flexibility index (Phi) is 9.93. The Balaban J connectivity index is 0.00000196. The highest BCUT2D eigenvalue weighted by molar-refractivity contribution is 6.05. The lowest BCUT2D eigenvalue weighted by Crippen LogP contribution is -2.40. The van der Waals surface area contributed by atoms with Gasteiger partial charge in [-0.15, -0.1) is 24.8 Å². The zero-order chi connectivity index (χ0) is 18.4. The molecular formula is C20H26Cl2N4O2. The molecule has 6 nitrogen and oxygen atoms in total. The van der Waals surface area contributed by atoms with E-state index in [0.717, 1.165) is 37.2 Å². The van der Waals surface area contributed by atoms with Crippen molar-refractivity contribution in [2.24, 2.45) is 5.92 Å². The van der Waals surface area contributed by atoms with Crippen molar-refractivity contribution in [3.05, 3.63) is 59.9 Å². The number of hydrogen-bond donors (Lipinski definition) is 2. The highest BCUT2D eigenvalue weighted by atomic mass is 35.5. The van der Waals surface area contributed by atoms with Gasteiger partial charge in [-0.2, -0.15) is 0 Å². The number of hydrogen-bond acceptors (Lipinski definition) is 4. The van der Waals surface area contributed by atoms with Gasteiger partial charge < -0.3 is 15.5 Å². The lowest BCUT2D eigenvalue weighted by Gasteiger charge is -2.22. The standard InChI is InChI=1S/C20H24N4O2.2ClH/c1-24(20(26)16-8-11-21-12-9-16)18-6-4-15(5-7-18)13-23-19(25)17-3-2-10-22-14-17;;/h4-9,11-12,17,22H,2-3,10,13-14H2,1H3,(H,23,25);2*1H. The molecular weight excluding hydrogens is 399 g/mol. The Labute approximate surface area is 177 Å². The van der Waals surface area contributed by atoms with Gasteiger partial charge in [-0.05, 0) is 49.2 Å². The molecule has 28 heavy (non-hydrogen) atoms. The molecule has 0 saturated carbocycles. The van der Waals surface area contributed by atoms with Crippen molar-refractivity contribution < 1.29 is 9.59 Å². The summed E-state index contributed by atoms with van der Waals surface area (Å²) in [5, 5.41) is 6.26. The smallest absolute Gasteiger partial charge is 0.258 e. The van der Waals surface area contributed by atoms with Crippen molar-refractivity contribution in [2.45, 2.75) is 19.4 Å². The molecule has 1 aromatic heterocycles. The van der Waals surface area contributed by atoms with Gasteiger partial charge in [-0.1, -0.05) is 12.1 Å². The molecule has 2 N–H and O–H groups in total. The van der Waals surface area contributed by atoms with Gasteiger partial charge in [-0.25, -0.2) is 0 Å². The van der Waals surface area contributed by atoms with Gasteiger partial charge in [0.15, 0.2) is 0 Å². The van der Waals surface area contributed by atoms with Crippen LogP contribution < -0.4 is 15.5 Å². The summed E-state index contributed by atoms with van der Waals surface area (Å²) in [6.45, 7) is 2.25. The molecule has 1 fully saturated rings. The van der Waals surface area contributed by atoms with Crippen LogP contribution in [0, 0.1) is 5.92 Å². The maximum atomic E-state index is 12.5. The average Bonchev–Trinajstić information content (AvgIpc) is 2.72. The minimum Gasteiger partial charge on any atom is -0.352 e. The van der Waals surface area contributed by atoms with Gasteiger partial charge >= 0.3 is 0 Å². The molecule has 3 rings (SSSR count). The number of rotatable bonds is 5. The first-order valence-corrected chi connectivity index (χ1v) is 8.90. The van der Waals surface area contributed by atoms with Gasteiger partial charge in [0.1, 0.15) is 0 Å². The average molecular weight is 425 g/mol. The summed E-state index contributed by atoms with van der Waals surface area (Å²) in [6, 6.07) is 11.0. The van der Waals surface area contributed by atoms with Crippen molar-refractivity contribution >= 4 is 42.3 Å². The molecule has 152 valence electrons. The Morgan fingerprint density at radius 1 is 1.14 bits per heavy atom. The van der Waals surface area contributed by atoms with E-state index in [1.807, 2.05) is 24.3 Å². The molecule has 1 aliphatic heterocycles. The van der Waals surface area contributed by atoms with Gasteiger partial charge in [-0.3, -0.25) is 14.6 Å². The predicted molar refractivity (Wildman–Crippen MR) is 115 cm³/mol. The largest absolute Gasteiger partial charge is 0.352 e. The first-order valence-electron chi connectivity index (χ1n) is 8.90. The second-order valence-corrected chi connectivity index (χ2v) is 6.53. The molecule has 8 heteroatoms. The number of carbonyl (C=O) groups excluding carboxylic acids is 2. The van der Waals surface area contributed by atoms with Crippen LogP contribution in [-0.2, 0) is 11.3 Å². The number of carbonyl (C=O) groups is 2. The fourth-order valence-corrected chi connectivity index (χ4v) is 3.05. The van der Waals surface area contributed by atoms with Crippen LogP contribution >= 0.6 is 24.8 Å². The van der Waals surface area contributed by atoms with Gasteiger partial charge in [0.25, 0.3) is 5.91 Å². The summed E-state index contributed by atoms with van der Waals surface area (Å²) >= 11 is 0. The van der Waals surface area contributed by atoms with Crippen LogP contribution in [0.2, 0.25) is 0 Å². The molecule has 2 aromatic rings. The van der Waals surface area contributed by atoms with E-state index in [4.69, 9.17) is 0 Å². The van der Waals surface area contributed by atoms with Crippen molar-refractivity contribution in [1.29, 1.82) is 0 Å². The molecule has 1 aromatic carbocycles. The predicted octanol–water partition coefficient (Wildman–Crippen LogP) is 2.82. The van der Waals surface area contributed by atoms with Crippen molar-refractivity contribution in [3.63, 3.8) is 0 Å². The van der Waals surface area contributed by atoms with Crippen LogP contribution in [0.1, 0.15) is 28.8 Å². The third-order valence-electron chi connectivity index (χ3n) is 4.69. The quantitative estimate of drug-likeness (QED) is 0.773. The molecule has 1 saturated heterocycles. The van der Waals surface area contributed by atoms with Crippen molar-refractivity contribution in [3.8, 4) is 0 Å². The summed E-state index contributed by atoms with van der Waals surface area (Å²) < 4.78 is 0. The first kappa shape index (κ1) is 23.9. The molecule has 1 aliphatic rings. The zero-order valence-corrected chi connectivity index (χ0v) is 17.4. The molecule has 2 heterocycles. The van der Waals surface area contributed by atoms with E-state index in [1.54, 1.807) is 36.5 Å². The van der Waals surface area contributed by atoms with Crippen molar-refractivity contribution in [1.82, 2.24) is 15.6 Å². The second kappa shape index (κ2) is 11.6. The van der Waals surface area contributed by atoms with Gasteiger partial charge in [0.05, 0.1) is 5.92 Å². The number of amides is 2. The third-order valence-corrected chi connectivity index (χ3v) is 4.69. The van der Waals surface area contributed by atoms with Crippen LogP contribution in [0.3, 0.4) is 0 Å². The van der Waals surface area contributed by atoms with E-state index in [0.29, 0.717) is 12.1 Å². The summed E-state index contributed by atoms with van der Waals surface area (Å²) in [4.78, 5) is 30.2. The van der Waals surface area contributed by atoms with Gasteiger partial charge in [0, 0.05) is 43.8 Å². The number of halogens is 2.